The summed E-state index contributed by atoms with van der Waals surface area (Å²) >= 11 is 0. The fourth-order valence-corrected chi connectivity index (χ4v) is 2.51. The third-order valence-electron chi connectivity index (χ3n) is 3.44. The molecule has 2 rings (SSSR count). The van der Waals surface area contributed by atoms with Crippen molar-refractivity contribution in [3.05, 3.63) is 29.6 Å². The number of nitrogens with zero attached hydrogens (tertiary/aromatic N) is 1. The zero-order valence-electron chi connectivity index (χ0n) is 11.9. The summed E-state index contributed by atoms with van der Waals surface area (Å²) in [4.78, 5) is 13.5. The minimum atomic E-state index is -0.260. The van der Waals surface area contributed by atoms with Gasteiger partial charge in [-0.3, -0.25) is 4.79 Å². The van der Waals surface area contributed by atoms with Crippen LogP contribution in [0.4, 0.5) is 10.1 Å². The number of piperidine rings is 1. The number of aryl methyl sites for hydroxylation is 1. The van der Waals surface area contributed by atoms with Gasteiger partial charge in [0.15, 0.2) is 0 Å². The van der Waals surface area contributed by atoms with Gasteiger partial charge in [-0.15, -0.1) is 0 Å². The Hall–Kier alpha value is -2.02. The van der Waals surface area contributed by atoms with Gasteiger partial charge in [0, 0.05) is 19.1 Å². The van der Waals surface area contributed by atoms with Gasteiger partial charge in [0.1, 0.15) is 5.82 Å². The molecule has 0 aliphatic carbocycles. The Labute approximate surface area is 119 Å². The molecule has 1 amide bonds. The van der Waals surface area contributed by atoms with E-state index in [1.54, 1.807) is 13.0 Å². The quantitative estimate of drug-likeness (QED) is 0.839. The molecule has 1 atom stereocenters. The van der Waals surface area contributed by atoms with Gasteiger partial charge in [-0.1, -0.05) is 12.0 Å². The molecule has 106 valence electrons. The van der Waals surface area contributed by atoms with Gasteiger partial charge in [-0.05, 0) is 50.3 Å². The second-order valence-corrected chi connectivity index (χ2v) is 5.09. The standard InChI is InChI=1S/C16H19FN2O/c1-3-5-16(20)18-13-6-4-9-19(11-13)15-10-12(2)7-8-14(15)17/h7-8,10,13H,4,6,9,11H2,1-2H3,(H,18,20). The van der Waals surface area contributed by atoms with Crippen molar-refractivity contribution in [2.45, 2.75) is 32.7 Å². The molecule has 20 heavy (non-hydrogen) atoms. The number of benzene rings is 1. The second-order valence-electron chi connectivity index (χ2n) is 5.09. The molecule has 0 spiro atoms. The summed E-state index contributed by atoms with van der Waals surface area (Å²) in [6, 6.07) is 5.14. The van der Waals surface area contributed by atoms with Crippen LogP contribution in [0.3, 0.4) is 0 Å². The lowest BCUT2D eigenvalue weighted by atomic mass is 10.0. The number of rotatable bonds is 2. The molecule has 1 aliphatic rings. The van der Waals surface area contributed by atoms with E-state index in [-0.39, 0.29) is 17.8 Å². The summed E-state index contributed by atoms with van der Waals surface area (Å²) in [7, 11) is 0. The number of halogens is 1. The van der Waals surface area contributed by atoms with E-state index in [0.29, 0.717) is 12.2 Å². The first-order chi connectivity index (χ1) is 9.60. The highest BCUT2D eigenvalue weighted by molar-refractivity contribution is 5.93. The molecule has 0 aromatic heterocycles. The minimum absolute atomic E-state index is 0.0250. The highest BCUT2D eigenvalue weighted by Gasteiger charge is 2.22. The maximum atomic E-state index is 13.9. The summed E-state index contributed by atoms with van der Waals surface area (Å²) in [6.07, 6.45) is 1.83. The third-order valence-corrected chi connectivity index (χ3v) is 3.44. The molecule has 1 aromatic carbocycles. The lowest BCUT2D eigenvalue weighted by Gasteiger charge is -2.34. The zero-order chi connectivity index (χ0) is 14.5. The number of hydrogen-bond acceptors (Lipinski definition) is 2. The molecule has 4 heteroatoms. The van der Waals surface area contributed by atoms with Crippen LogP contribution in [0.2, 0.25) is 0 Å². The fraction of sp³-hybridized carbons (Fsp3) is 0.438. The fourth-order valence-electron chi connectivity index (χ4n) is 2.51. The van der Waals surface area contributed by atoms with Gasteiger partial charge in [-0.25, -0.2) is 4.39 Å². The summed E-state index contributed by atoms with van der Waals surface area (Å²) in [5.74, 6) is 4.58. The minimum Gasteiger partial charge on any atom is -0.367 e. The average Bonchev–Trinajstić information content (AvgIpc) is 2.42. The molecule has 0 saturated carbocycles. The Balaban J connectivity index is 2.08. The molecule has 1 heterocycles. The lowest BCUT2D eigenvalue weighted by molar-refractivity contribution is -0.116. The van der Waals surface area contributed by atoms with Crippen LogP contribution in [0, 0.1) is 24.6 Å². The van der Waals surface area contributed by atoms with E-state index < -0.39 is 0 Å². The highest BCUT2D eigenvalue weighted by Crippen LogP contribution is 2.24. The molecule has 0 bridgehead atoms. The summed E-state index contributed by atoms with van der Waals surface area (Å²) in [5.41, 5.74) is 1.65. The van der Waals surface area contributed by atoms with Crippen LogP contribution in [0.5, 0.6) is 0 Å². The van der Waals surface area contributed by atoms with Gasteiger partial charge in [-0.2, -0.15) is 0 Å². The van der Waals surface area contributed by atoms with Crippen LogP contribution in [0.25, 0.3) is 0 Å². The molecule has 1 saturated heterocycles. The molecule has 1 fully saturated rings. The van der Waals surface area contributed by atoms with Gasteiger partial charge in [0.2, 0.25) is 0 Å². The van der Waals surface area contributed by atoms with E-state index in [9.17, 15) is 9.18 Å². The SMILES string of the molecule is CC#CC(=O)NC1CCCN(c2cc(C)ccc2F)C1. The van der Waals surface area contributed by atoms with Crippen molar-refractivity contribution in [3.63, 3.8) is 0 Å². The second kappa shape index (κ2) is 6.42. The third kappa shape index (κ3) is 3.51. The topological polar surface area (TPSA) is 32.3 Å². The van der Waals surface area contributed by atoms with Crippen LogP contribution in [-0.4, -0.2) is 25.0 Å². The number of hydrogen-bond donors (Lipinski definition) is 1. The van der Waals surface area contributed by atoms with E-state index in [1.165, 1.54) is 6.07 Å². The molecule has 1 aromatic rings. The zero-order valence-corrected chi connectivity index (χ0v) is 11.9. The van der Waals surface area contributed by atoms with Crippen molar-refractivity contribution in [2.75, 3.05) is 18.0 Å². The number of nitrogens with one attached hydrogen (secondary N) is 1. The molecular formula is C16H19FN2O. The predicted molar refractivity (Wildman–Crippen MR) is 78.0 cm³/mol. The van der Waals surface area contributed by atoms with Crippen molar-refractivity contribution < 1.29 is 9.18 Å². The first kappa shape index (κ1) is 14.4. The molecular weight excluding hydrogens is 255 g/mol. The first-order valence-corrected chi connectivity index (χ1v) is 6.84. The van der Waals surface area contributed by atoms with Crippen molar-refractivity contribution in [1.82, 2.24) is 5.32 Å². The van der Waals surface area contributed by atoms with Crippen LogP contribution in [-0.2, 0) is 4.79 Å². The van der Waals surface area contributed by atoms with E-state index >= 15 is 0 Å². The normalized spacial score (nSPS) is 18.1. The largest absolute Gasteiger partial charge is 0.367 e. The maximum absolute atomic E-state index is 13.9. The molecule has 1 aliphatic heterocycles. The van der Waals surface area contributed by atoms with Crippen LogP contribution in [0.1, 0.15) is 25.3 Å². The highest BCUT2D eigenvalue weighted by atomic mass is 19.1. The number of carbonyl (C=O) groups excluding carboxylic acids is 1. The Kier molecular flexibility index (Phi) is 4.62. The van der Waals surface area contributed by atoms with Gasteiger partial charge in [0.25, 0.3) is 5.91 Å². The summed E-state index contributed by atoms with van der Waals surface area (Å²) in [6.45, 7) is 5.02. The number of anilines is 1. The van der Waals surface area contributed by atoms with Crippen molar-refractivity contribution in [2.24, 2.45) is 0 Å². The van der Waals surface area contributed by atoms with Crippen molar-refractivity contribution >= 4 is 11.6 Å². The summed E-state index contributed by atoms with van der Waals surface area (Å²) in [5, 5.41) is 2.88. The van der Waals surface area contributed by atoms with E-state index in [1.807, 2.05) is 17.9 Å². The maximum Gasteiger partial charge on any atom is 0.296 e. The van der Waals surface area contributed by atoms with Crippen LogP contribution >= 0.6 is 0 Å². The Morgan fingerprint density at radius 3 is 3.05 bits per heavy atom. The summed E-state index contributed by atoms with van der Waals surface area (Å²) < 4.78 is 13.9. The van der Waals surface area contributed by atoms with Crippen LogP contribution < -0.4 is 10.2 Å². The van der Waals surface area contributed by atoms with E-state index in [4.69, 9.17) is 0 Å². The van der Waals surface area contributed by atoms with Crippen molar-refractivity contribution in [3.8, 4) is 11.8 Å². The smallest absolute Gasteiger partial charge is 0.296 e. The van der Waals surface area contributed by atoms with Gasteiger partial charge >= 0.3 is 0 Å². The lowest BCUT2D eigenvalue weighted by Crippen LogP contribution is -2.47. The van der Waals surface area contributed by atoms with Gasteiger partial charge < -0.3 is 10.2 Å². The average molecular weight is 274 g/mol. The van der Waals surface area contributed by atoms with Crippen molar-refractivity contribution in [1.29, 1.82) is 0 Å². The Bertz CT molecular complexity index is 559. The number of carbonyl (C=O) groups is 1. The van der Waals surface area contributed by atoms with E-state index in [2.05, 4.69) is 17.2 Å². The predicted octanol–water partition coefficient (Wildman–Crippen LogP) is 2.24. The Morgan fingerprint density at radius 2 is 2.30 bits per heavy atom. The van der Waals surface area contributed by atoms with E-state index in [0.717, 1.165) is 24.9 Å². The van der Waals surface area contributed by atoms with Crippen LogP contribution in [0.15, 0.2) is 18.2 Å². The first-order valence-electron chi connectivity index (χ1n) is 6.84. The molecule has 3 nitrogen and oxygen atoms in total. The number of amides is 1. The molecule has 0 radical (unpaired) electrons. The molecule has 1 N–H and O–H groups in total. The van der Waals surface area contributed by atoms with Gasteiger partial charge in [0.05, 0.1) is 5.69 Å². The molecule has 1 unspecified atom stereocenters. The monoisotopic (exact) mass is 274 g/mol. The Morgan fingerprint density at radius 1 is 1.50 bits per heavy atom.